The Hall–Kier alpha value is -3.74. The Labute approximate surface area is 148 Å². The summed E-state index contributed by atoms with van der Waals surface area (Å²) >= 11 is 0. The fourth-order valence-corrected chi connectivity index (χ4v) is 2.49. The molecule has 26 heavy (non-hydrogen) atoms. The molecule has 0 fully saturated rings. The van der Waals surface area contributed by atoms with Crippen LogP contribution in [0.1, 0.15) is 5.56 Å². The third-order valence-electron chi connectivity index (χ3n) is 3.74. The molecule has 4 heterocycles. The number of nitrogens with one attached hydrogen (secondary N) is 2. The van der Waals surface area contributed by atoms with Crippen molar-refractivity contribution in [3.63, 3.8) is 0 Å². The number of aromatic amines is 1. The van der Waals surface area contributed by atoms with Gasteiger partial charge >= 0.3 is 0 Å². The van der Waals surface area contributed by atoms with Gasteiger partial charge in [0.1, 0.15) is 29.2 Å². The summed E-state index contributed by atoms with van der Waals surface area (Å²) in [7, 11) is 0. The van der Waals surface area contributed by atoms with Crippen molar-refractivity contribution in [2.75, 3.05) is 5.32 Å². The predicted octanol–water partition coefficient (Wildman–Crippen LogP) is 3.54. The number of oxazole rings is 1. The van der Waals surface area contributed by atoms with Crippen LogP contribution in [0.2, 0.25) is 0 Å². The molecule has 7 heteroatoms. The van der Waals surface area contributed by atoms with Gasteiger partial charge in [-0.05, 0) is 48.9 Å². The van der Waals surface area contributed by atoms with Crippen LogP contribution in [0.3, 0.4) is 0 Å². The quantitative estimate of drug-likeness (QED) is 0.587. The Morgan fingerprint density at radius 2 is 1.96 bits per heavy atom. The molecule has 7 nitrogen and oxygen atoms in total. The summed E-state index contributed by atoms with van der Waals surface area (Å²) in [5, 5.41) is 3.17. The van der Waals surface area contributed by atoms with Crippen molar-refractivity contribution in [1.29, 1.82) is 0 Å². The van der Waals surface area contributed by atoms with Crippen molar-refractivity contribution in [3.05, 3.63) is 77.0 Å². The molecule has 4 rings (SSSR count). The molecule has 0 aliphatic carbocycles. The highest BCUT2D eigenvalue weighted by Gasteiger charge is 2.12. The molecular formula is C19H15N5O2. The van der Waals surface area contributed by atoms with Gasteiger partial charge in [0.15, 0.2) is 0 Å². The van der Waals surface area contributed by atoms with E-state index in [-0.39, 0.29) is 11.4 Å². The number of aryl methyl sites for hydroxylation is 1. The van der Waals surface area contributed by atoms with Crippen LogP contribution in [0, 0.1) is 6.92 Å². The van der Waals surface area contributed by atoms with E-state index in [1.165, 1.54) is 6.26 Å². The lowest BCUT2D eigenvalue weighted by Crippen LogP contribution is -2.06. The standard InChI is InChI=1S/C19H15N5O2/c1-12-7-9-20-17(10-12)24-16-6-2-5-14(22-16)15-11-26-19(23-15)13-4-3-8-21-18(13)25/h2-11H,1H3,(H,21,25)(H,20,22,24). The fraction of sp³-hybridized carbons (Fsp3) is 0.0526. The zero-order valence-electron chi connectivity index (χ0n) is 13.9. The van der Waals surface area contributed by atoms with Crippen LogP contribution < -0.4 is 10.9 Å². The second kappa shape index (κ2) is 6.64. The van der Waals surface area contributed by atoms with Crippen molar-refractivity contribution in [1.82, 2.24) is 19.9 Å². The molecule has 0 aromatic carbocycles. The minimum absolute atomic E-state index is 0.252. The average molecular weight is 345 g/mol. The number of aromatic nitrogens is 4. The summed E-state index contributed by atoms with van der Waals surface area (Å²) in [6, 6.07) is 12.8. The van der Waals surface area contributed by atoms with Crippen molar-refractivity contribution < 1.29 is 4.42 Å². The number of hydrogen-bond donors (Lipinski definition) is 2. The van der Waals surface area contributed by atoms with E-state index in [4.69, 9.17) is 4.42 Å². The SMILES string of the molecule is Cc1ccnc(Nc2cccc(-c3coc(-c4ccc[nH]c4=O)n3)n2)c1. The highest BCUT2D eigenvalue weighted by Crippen LogP contribution is 2.23. The Morgan fingerprint density at radius 3 is 2.81 bits per heavy atom. The molecule has 0 saturated heterocycles. The van der Waals surface area contributed by atoms with E-state index in [1.54, 1.807) is 24.5 Å². The number of hydrogen-bond acceptors (Lipinski definition) is 6. The molecule has 0 atom stereocenters. The predicted molar refractivity (Wildman–Crippen MR) is 98.0 cm³/mol. The molecule has 0 radical (unpaired) electrons. The van der Waals surface area contributed by atoms with Gasteiger partial charge in [-0.2, -0.15) is 0 Å². The van der Waals surface area contributed by atoms with E-state index in [1.807, 2.05) is 37.3 Å². The van der Waals surface area contributed by atoms with E-state index in [0.717, 1.165) is 5.56 Å². The first kappa shape index (κ1) is 15.8. The van der Waals surface area contributed by atoms with Gasteiger partial charge in [-0.25, -0.2) is 15.0 Å². The smallest absolute Gasteiger partial charge is 0.260 e. The van der Waals surface area contributed by atoms with E-state index in [9.17, 15) is 4.79 Å². The maximum atomic E-state index is 11.9. The van der Waals surface area contributed by atoms with Gasteiger partial charge < -0.3 is 14.7 Å². The molecule has 0 bridgehead atoms. The molecule has 0 unspecified atom stereocenters. The number of nitrogens with zero attached hydrogens (tertiary/aromatic N) is 3. The molecule has 128 valence electrons. The first-order valence-corrected chi connectivity index (χ1v) is 8.00. The van der Waals surface area contributed by atoms with Crippen LogP contribution in [-0.4, -0.2) is 19.9 Å². The van der Waals surface area contributed by atoms with Crippen LogP contribution in [0.4, 0.5) is 11.6 Å². The number of pyridine rings is 3. The van der Waals surface area contributed by atoms with E-state index >= 15 is 0 Å². The fourth-order valence-electron chi connectivity index (χ4n) is 2.49. The Bertz CT molecular complexity index is 1120. The first-order chi connectivity index (χ1) is 12.7. The molecule has 0 spiro atoms. The summed E-state index contributed by atoms with van der Waals surface area (Å²) in [5.41, 5.74) is 2.40. The van der Waals surface area contributed by atoms with Crippen LogP contribution in [0.5, 0.6) is 0 Å². The van der Waals surface area contributed by atoms with Crippen LogP contribution in [0.15, 0.2) is 70.3 Å². The van der Waals surface area contributed by atoms with Crippen molar-refractivity contribution in [2.24, 2.45) is 0 Å². The lowest BCUT2D eigenvalue weighted by Gasteiger charge is -2.06. The summed E-state index contributed by atoms with van der Waals surface area (Å²) < 4.78 is 5.46. The van der Waals surface area contributed by atoms with Gasteiger partial charge in [0.2, 0.25) is 5.89 Å². The van der Waals surface area contributed by atoms with Gasteiger partial charge in [-0.3, -0.25) is 4.79 Å². The second-order valence-corrected chi connectivity index (χ2v) is 5.70. The van der Waals surface area contributed by atoms with Gasteiger partial charge in [0.05, 0.1) is 5.69 Å². The second-order valence-electron chi connectivity index (χ2n) is 5.70. The van der Waals surface area contributed by atoms with Gasteiger partial charge in [-0.1, -0.05) is 6.07 Å². The minimum Gasteiger partial charge on any atom is -0.444 e. The maximum absolute atomic E-state index is 11.9. The lowest BCUT2D eigenvalue weighted by atomic mass is 10.2. The highest BCUT2D eigenvalue weighted by atomic mass is 16.3. The van der Waals surface area contributed by atoms with Gasteiger partial charge in [-0.15, -0.1) is 0 Å². The Kier molecular flexibility index (Phi) is 4.03. The average Bonchev–Trinajstić information content (AvgIpc) is 3.12. The molecule has 0 amide bonds. The zero-order chi connectivity index (χ0) is 17.9. The molecule has 4 aromatic heterocycles. The Morgan fingerprint density at radius 1 is 1.04 bits per heavy atom. The van der Waals surface area contributed by atoms with Crippen LogP contribution >= 0.6 is 0 Å². The number of rotatable bonds is 4. The van der Waals surface area contributed by atoms with Crippen LogP contribution in [-0.2, 0) is 0 Å². The summed E-state index contributed by atoms with van der Waals surface area (Å²) in [6.07, 6.45) is 4.79. The van der Waals surface area contributed by atoms with Gasteiger partial charge in [0, 0.05) is 12.4 Å². The van der Waals surface area contributed by atoms with Crippen molar-refractivity contribution in [3.8, 4) is 22.8 Å². The van der Waals surface area contributed by atoms with E-state index < -0.39 is 0 Å². The molecular weight excluding hydrogens is 330 g/mol. The summed E-state index contributed by atoms with van der Waals surface area (Å²) in [6.45, 7) is 2.00. The lowest BCUT2D eigenvalue weighted by molar-refractivity contribution is 0.574. The van der Waals surface area contributed by atoms with Crippen molar-refractivity contribution >= 4 is 11.6 Å². The van der Waals surface area contributed by atoms with Crippen molar-refractivity contribution in [2.45, 2.75) is 6.92 Å². The summed E-state index contributed by atoms with van der Waals surface area (Å²) in [4.78, 5) is 27.6. The maximum Gasteiger partial charge on any atom is 0.260 e. The van der Waals surface area contributed by atoms with E-state index in [0.29, 0.717) is 28.6 Å². The largest absolute Gasteiger partial charge is 0.444 e. The third kappa shape index (κ3) is 3.23. The monoisotopic (exact) mass is 345 g/mol. The molecule has 0 aliphatic heterocycles. The first-order valence-electron chi connectivity index (χ1n) is 8.00. The summed E-state index contributed by atoms with van der Waals surface area (Å²) in [5.74, 6) is 1.61. The van der Waals surface area contributed by atoms with Gasteiger partial charge in [0.25, 0.3) is 5.56 Å². The molecule has 0 aliphatic rings. The Balaban J connectivity index is 1.63. The highest BCUT2D eigenvalue weighted by molar-refractivity contribution is 5.62. The number of anilines is 2. The topological polar surface area (TPSA) is 96.7 Å². The molecule has 4 aromatic rings. The number of H-pyrrole nitrogens is 1. The normalized spacial score (nSPS) is 10.7. The van der Waals surface area contributed by atoms with E-state index in [2.05, 4.69) is 25.3 Å². The molecule has 2 N–H and O–H groups in total. The minimum atomic E-state index is -0.255. The van der Waals surface area contributed by atoms with Crippen LogP contribution in [0.25, 0.3) is 22.8 Å². The zero-order valence-corrected chi connectivity index (χ0v) is 13.9. The molecule has 0 saturated carbocycles. The third-order valence-corrected chi connectivity index (χ3v) is 3.74.